The molecule has 0 bridgehead atoms. The second kappa shape index (κ2) is 11.5. The van der Waals surface area contributed by atoms with Gasteiger partial charge in [0, 0.05) is 0 Å². The van der Waals surface area contributed by atoms with Gasteiger partial charge in [-0.2, -0.15) is 0 Å². The lowest BCUT2D eigenvalue weighted by Crippen LogP contribution is -2.31. The molecule has 1 aromatic heterocycles. The van der Waals surface area contributed by atoms with Crippen LogP contribution in [0, 0.1) is 0 Å². The number of imidazole rings is 1. The van der Waals surface area contributed by atoms with Gasteiger partial charge >= 0.3 is 7.25 Å². The Balaban J connectivity index is 0.000000690. The zero-order valence-electron chi connectivity index (χ0n) is 12.8. The van der Waals surface area contributed by atoms with Gasteiger partial charge in [-0.1, -0.05) is 37.3 Å². The SMILES string of the molecule is CCCCCCCC[n+]1ccn(OCC)c1.F[B-](F)(F)F. The van der Waals surface area contributed by atoms with Crippen molar-refractivity contribution in [2.45, 2.75) is 58.9 Å². The van der Waals surface area contributed by atoms with Crippen molar-refractivity contribution in [3.8, 4) is 0 Å². The van der Waals surface area contributed by atoms with Crippen molar-refractivity contribution in [1.29, 1.82) is 0 Å². The molecule has 0 saturated carbocycles. The fraction of sp³-hybridized carbons (Fsp3) is 0.769. The fourth-order valence-electron chi connectivity index (χ4n) is 1.81. The van der Waals surface area contributed by atoms with Crippen LogP contribution in [-0.4, -0.2) is 18.6 Å². The number of unbranched alkanes of at least 4 members (excludes halogenated alkanes) is 5. The van der Waals surface area contributed by atoms with E-state index in [9.17, 15) is 17.3 Å². The molecule has 0 aromatic carbocycles. The van der Waals surface area contributed by atoms with Gasteiger partial charge in [0.15, 0.2) is 6.20 Å². The van der Waals surface area contributed by atoms with Gasteiger partial charge in [-0.3, -0.25) is 0 Å². The summed E-state index contributed by atoms with van der Waals surface area (Å²) in [6.45, 7) is 6.07. The summed E-state index contributed by atoms with van der Waals surface area (Å²) >= 11 is 0. The third kappa shape index (κ3) is 15.0. The van der Waals surface area contributed by atoms with Crippen LogP contribution in [0.3, 0.4) is 0 Å². The molecule has 0 spiro atoms. The van der Waals surface area contributed by atoms with E-state index in [2.05, 4.69) is 17.7 Å². The van der Waals surface area contributed by atoms with Gasteiger partial charge in [0.05, 0.1) is 6.54 Å². The first-order valence-corrected chi connectivity index (χ1v) is 7.44. The van der Waals surface area contributed by atoms with Crippen LogP contribution in [0.2, 0.25) is 0 Å². The average Bonchev–Trinajstić information content (AvgIpc) is 2.80. The van der Waals surface area contributed by atoms with E-state index >= 15 is 0 Å². The molecule has 3 nitrogen and oxygen atoms in total. The van der Waals surface area contributed by atoms with E-state index in [1.165, 1.54) is 38.5 Å². The van der Waals surface area contributed by atoms with Gasteiger partial charge in [0.1, 0.15) is 12.8 Å². The molecule has 0 fully saturated rings. The number of rotatable bonds is 9. The molecule has 0 aliphatic heterocycles. The third-order valence-electron chi connectivity index (χ3n) is 2.72. The molecule has 1 heterocycles. The molecule has 1 rings (SSSR count). The normalized spacial score (nSPS) is 11.0. The predicted molar refractivity (Wildman–Crippen MR) is 75.3 cm³/mol. The number of hydrogen-bond acceptors (Lipinski definition) is 1. The van der Waals surface area contributed by atoms with Crippen molar-refractivity contribution >= 4 is 7.25 Å². The van der Waals surface area contributed by atoms with E-state index in [1.807, 2.05) is 19.4 Å². The van der Waals surface area contributed by atoms with Crippen LogP contribution in [0.5, 0.6) is 0 Å². The van der Waals surface area contributed by atoms with Crippen LogP contribution < -0.4 is 9.40 Å². The number of nitrogens with zero attached hydrogens (tertiary/aromatic N) is 2. The monoisotopic (exact) mass is 312 g/mol. The van der Waals surface area contributed by atoms with Crippen molar-refractivity contribution in [2.75, 3.05) is 6.61 Å². The summed E-state index contributed by atoms with van der Waals surface area (Å²) in [6, 6.07) is 0. The van der Waals surface area contributed by atoms with Crippen LogP contribution in [0.4, 0.5) is 17.3 Å². The average molecular weight is 312 g/mol. The topological polar surface area (TPSA) is 18.0 Å². The lowest BCUT2D eigenvalue weighted by Gasteiger charge is -1.98. The quantitative estimate of drug-likeness (QED) is 0.293. The van der Waals surface area contributed by atoms with E-state index in [0.717, 1.165) is 6.54 Å². The maximum atomic E-state index is 9.75. The summed E-state index contributed by atoms with van der Waals surface area (Å²) in [5.74, 6) is 0. The second-order valence-corrected chi connectivity index (χ2v) is 4.69. The zero-order chi connectivity index (χ0) is 16.1. The zero-order valence-corrected chi connectivity index (χ0v) is 12.8. The first-order valence-electron chi connectivity index (χ1n) is 7.44. The van der Waals surface area contributed by atoms with Crippen molar-refractivity contribution < 1.29 is 26.7 Å². The Labute approximate surface area is 124 Å². The molecule has 1 aromatic rings. The minimum atomic E-state index is -6.00. The van der Waals surface area contributed by atoms with Gasteiger partial charge in [-0.05, 0) is 19.8 Å². The molecule has 0 atom stereocenters. The van der Waals surface area contributed by atoms with E-state index in [4.69, 9.17) is 4.84 Å². The third-order valence-corrected chi connectivity index (χ3v) is 2.72. The first-order chi connectivity index (χ1) is 9.86. The van der Waals surface area contributed by atoms with Gasteiger partial charge in [0.2, 0.25) is 0 Å². The molecule has 0 aliphatic rings. The van der Waals surface area contributed by atoms with Gasteiger partial charge in [-0.25, -0.2) is 4.57 Å². The minimum absolute atomic E-state index is 0.714. The van der Waals surface area contributed by atoms with Crippen LogP contribution in [-0.2, 0) is 6.54 Å². The Hall–Kier alpha value is -1.21. The molecular weight excluding hydrogens is 287 g/mol. The van der Waals surface area contributed by atoms with E-state index in [-0.39, 0.29) is 0 Å². The number of halogens is 4. The Morgan fingerprint density at radius 2 is 1.57 bits per heavy atom. The highest BCUT2D eigenvalue weighted by Crippen LogP contribution is 2.06. The van der Waals surface area contributed by atoms with Crippen LogP contribution >= 0.6 is 0 Å². The summed E-state index contributed by atoms with van der Waals surface area (Å²) in [6.07, 6.45) is 14.1. The lowest BCUT2D eigenvalue weighted by molar-refractivity contribution is -0.697. The number of aromatic nitrogens is 2. The minimum Gasteiger partial charge on any atom is -0.418 e. The molecule has 0 N–H and O–H groups in total. The maximum Gasteiger partial charge on any atom is 0.673 e. The van der Waals surface area contributed by atoms with Crippen LogP contribution in [0.15, 0.2) is 18.7 Å². The summed E-state index contributed by atoms with van der Waals surface area (Å²) in [4.78, 5) is 5.34. The molecular formula is C13H25BF4N2O. The highest BCUT2D eigenvalue weighted by Gasteiger charge is 2.20. The van der Waals surface area contributed by atoms with E-state index < -0.39 is 7.25 Å². The largest absolute Gasteiger partial charge is 0.673 e. The molecule has 0 unspecified atom stereocenters. The van der Waals surface area contributed by atoms with Crippen molar-refractivity contribution in [3.63, 3.8) is 0 Å². The molecule has 21 heavy (non-hydrogen) atoms. The lowest BCUT2D eigenvalue weighted by atomic mass is 10.1. The molecule has 124 valence electrons. The molecule has 0 radical (unpaired) electrons. The van der Waals surface area contributed by atoms with Crippen molar-refractivity contribution in [3.05, 3.63) is 18.7 Å². The molecule has 0 aliphatic carbocycles. The molecule has 0 amide bonds. The standard InChI is InChI=1S/C13H25N2O.BF4/c1-3-5-6-7-8-9-10-14-11-12-15(13-14)16-4-2;2-1(3,4)5/h11-13H,3-10H2,1-2H3;/q+1;-1. The van der Waals surface area contributed by atoms with E-state index in [0.29, 0.717) is 6.61 Å². The Bertz CT molecular complexity index is 352. The van der Waals surface area contributed by atoms with Crippen molar-refractivity contribution in [2.24, 2.45) is 0 Å². The van der Waals surface area contributed by atoms with E-state index in [1.54, 1.807) is 4.73 Å². The number of aryl methyl sites for hydroxylation is 1. The smallest absolute Gasteiger partial charge is 0.418 e. The van der Waals surface area contributed by atoms with Crippen molar-refractivity contribution in [1.82, 2.24) is 4.73 Å². The van der Waals surface area contributed by atoms with Gasteiger partial charge in [0.25, 0.3) is 6.33 Å². The summed E-state index contributed by atoms with van der Waals surface area (Å²) in [5.41, 5.74) is 0. The molecule has 0 saturated heterocycles. The Kier molecular flexibility index (Phi) is 10.8. The predicted octanol–water partition coefficient (Wildman–Crippen LogP) is 3.88. The van der Waals surface area contributed by atoms with Crippen LogP contribution in [0.25, 0.3) is 0 Å². The summed E-state index contributed by atoms with van der Waals surface area (Å²) in [7, 11) is -6.00. The highest BCUT2D eigenvalue weighted by atomic mass is 19.5. The maximum absolute atomic E-state index is 9.75. The summed E-state index contributed by atoms with van der Waals surface area (Å²) < 4.78 is 43.0. The van der Waals surface area contributed by atoms with Gasteiger partial charge in [-0.15, -0.1) is 0 Å². The Morgan fingerprint density at radius 1 is 1.00 bits per heavy atom. The van der Waals surface area contributed by atoms with Crippen LogP contribution in [0.1, 0.15) is 52.4 Å². The fourth-order valence-corrected chi connectivity index (χ4v) is 1.81. The first kappa shape index (κ1) is 19.8. The Morgan fingerprint density at radius 3 is 2.14 bits per heavy atom. The summed E-state index contributed by atoms with van der Waals surface area (Å²) in [5, 5.41) is 0. The van der Waals surface area contributed by atoms with Gasteiger partial charge < -0.3 is 22.1 Å². The molecule has 8 heteroatoms. The number of hydrogen-bond donors (Lipinski definition) is 0. The second-order valence-electron chi connectivity index (χ2n) is 4.69. The highest BCUT2D eigenvalue weighted by molar-refractivity contribution is 6.50.